The van der Waals surface area contributed by atoms with E-state index in [-0.39, 0.29) is 6.04 Å². The Hall–Kier alpha value is -1.67. The van der Waals surface area contributed by atoms with Gasteiger partial charge in [-0.3, -0.25) is 4.98 Å². The number of aromatic nitrogens is 1. The van der Waals surface area contributed by atoms with Gasteiger partial charge in [-0.15, -0.1) is 0 Å². The van der Waals surface area contributed by atoms with Crippen LogP contribution in [0.15, 0.2) is 48.7 Å². The monoisotopic (exact) mass is 212 g/mol. The molecule has 2 nitrogen and oxygen atoms in total. The molecule has 0 saturated carbocycles. The minimum atomic E-state index is 0.188. The molecule has 1 aromatic carbocycles. The van der Waals surface area contributed by atoms with E-state index in [1.165, 1.54) is 10.9 Å². The zero-order valence-corrected chi connectivity index (χ0v) is 9.70. The standard InChI is InChI=1S/C14H16N2/c1-10(2)14(15-3)12-8-9-16-13-7-5-4-6-11(12)13/h4-9,14-15H,1H2,2-3H3. The lowest BCUT2D eigenvalue weighted by Crippen LogP contribution is -2.17. The van der Waals surface area contributed by atoms with Gasteiger partial charge >= 0.3 is 0 Å². The maximum atomic E-state index is 4.36. The van der Waals surface area contributed by atoms with Crippen molar-refractivity contribution in [2.75, 3.05) is 7.05 Å². The number of hydrogen-bond acceptors (Lipinski definition) is 2. The molecule has 16 heavy (non-hydrogen) atoms. The summed E-state index contributed by atoms with van der Waals surface area (Å²) in [5.74, 6) is 0. The highest BCUT2D eigenvalue weighted by Gasteiger charge is 2.12. The van der Waals surface area contributed by atoms with Crippen LogP contribution in [0, 0.1) is 0 Å². The van der Waals surface area contributed by atoms with Crippen molar-refractivity contribution in [1.82, 2.24) is 10.3 Å². The van der Waals surface area contributed by atoms with Gasteiger partial charge in [-0.05, 0) is 31.7 Å². The average Bonchev–Trinajstić information content (AvgIpc) is 2.30. The Morgan fingerprint density at radius 3 is 2.75 bits per heavy atom. The summed E-state index contributed by atoms with van der Waals surface area (Å²) in [6.07, 6.45) is 1.85. The Morgan fingerprint density at radius 2 is 2.06 bits per heavy atom. The number of hydrogen-bond donors (Lipinski definition) is 1. The molecular weight excluding hydrogens is 196 g/mol. The van der Waals surface area contributed by atoms with Crippen LogP contribution in [0.25, 0.3) is 10.9 Å². The summed E-state index contributed by atoms with van der Waals surface area (Å²) in [5.41, 5.74) is 3.38. The SMILES string of the molecule is C=C(C)C(NC)c1ccnc2ccccc12. The molecule has 0 aliphatic carbocycles. The summed E-state index contributed by atoms with van der Waals surface area (Å²) < 4.78 is 0. The van der Waals surface area contributed by atoms with Gasteiger partial charge in [0.15, 0.2) is 0 Å². The Morgan fingerprint density at radius 1 is 1.31 bits per heavy atom. The summed E-state index contributed by atoms with van der Waals surface area (Å²) in [6.45, 7) is 6.06. The molecule has 0 amide bonds. The summed E-state index contributed by atoms with van der Waals surface area (Å²) in [4.78, 5) is 4.36. The van der Waals surface area contributed by atoms with Gasteiger partial charge in [-0.25, -0.2) is 0 Å². The molecule has 0 radical (unpaired) electrons. The first kappa shape index (κ1) is 10.8. The lowest BCUT2D eigenvalue weighted by Gasteiger charge is -2.18. The maximum absolute atomic E-state index is 4.36. The molecule has 1 aromatic heterocycles. The first-order chi connectivity index (χ1) is 7.74. The highest BCUT2D eigenvalue weighted by Crippen LogP contribution is 2.26. The van der Waals surface area contributed by atoms with Crippen molar-refractivity contribution in [2.24, 2.45) is 0 Å². The van der Waals surface area contributed by atoms with Gasteiger partial charge in [0.2, 0.25) is 0 Å². The fourth-order valence-corrected chi connectivity index (χ4v) is 2.04. The molecule has 2 aromatic rings. The smallest absolute Gasteiger partial charge is 0.0705 e. The molecule has 0 aliphatic heterocycles. The molecular formula is C14H16N2. The normalized spacial score (nSPS) is 12.6. The highest BCUT2D eigenvalue weighted by atomic mass is 14.9. The van der Waals surface area contributed by atoms with Crippen molar-refractivity contribution in [2.45, 2.75) is 13.0 Å². The molecule has 0 saturated heterocycles. The molecule has 1 unspecified atom stereocenters. The number of pyridine rings is 1. The molecule has 0 bridgehead atoms. The van der Waals surface area contributed by atoms with Crippen LogP contribution in [0.3, 0.4) is 0 Å². The van der Waals surface area contributed by atoms with Crippen LogP contribution in [0.1, 0.15) is 18.5 Å². The largest absolute Gasteiger partial charge is 0.310 e. The third kappa shape index (κ3) is 1.84. The van der Waals surface area contributed by atoms with Crippen LogP contribution in [-0.4, -0.2) is 12.0 Å². The maximum Gasteiger partial charge on any atom is 0.0705 e. The zero-order valence-electron chi connectivity index (χ0n) is 9.70. The van der Waals surface area contributed by atoms with Gasteiger partial charge in [0.05, 0.1) is 11.6 Å². The second kappa shape index (κ2) is 4.45. The molecule has 0 spiro atoms. The van der Waals surface area contributed by atoms with E-state index >= 15 is 0 Å². The predicted octanol–water partition coefficient (Wildman–Crippen LogP) is 3.07. The van der Waals surface area contributed by atoms with E-state index in [2.05, 4.69) is 29.0 Å². The minimum absolute atomic E-state index is 0.188. The van der Waals surface area contributed by atoms with E-state index < -0.39 is 0 Å². The number of likely N-dealkylation sites (N-methyl/N-ethyl adjacent to an activating group) is 1. The Balaban J connectivity index is 2.63. The number of rotatable bonds is 3. The van der Waals surface area contributed by atoms with Gasteiger partial charge < -0.3 is 5.32 Å². The van der Waals surface area contributed by atoms with Crippen molar-refractivity contribution in [1.29, 1.82) is 0 Å². The minimum Gasteiger partial charge on any atom is -0.310 e. The molecule has 82 valence electrons. The topological polar surface area (TPSA) is 24.9 Å². The van der Waals surface area contributed by atoms with Crippen LogP contribution < -0.4 is 5.32 Å². The fourth-order valence-electron chi connectivity index (χ4n) is 2.04. The summed E-state index contributed by atoms with van der Waals surface area (Å²) in [7, 11) is 1.95. The van der Waals surface area contributed by atoms with Crippen LogP contribution in [0.2, 0.25) is 0 Å². The van der Waals surface area contributed by atoms with Crippen molar-refractivity contribution in [3.05, 3.63) is 54.2 Å². The van der Waals surface area contributed by atoms with E-state index in [0.29, 0.717) is 0 Å². The van der Waals surface area contributed by atoms with Gasteiger partial charge in [-0.1, -0.05) is 30.4 Å². The fraction of sp³-hybridized carbons (Fsp3) is 0.214. The van der Waals surface area contributed by atoms with Crippen LogP contribution >= 0.6 is 0 Å². The summed E-state index contributed by atoms with van der Waals surface area (Å²) in [6, 6.07) is 10.4. The van der Waals surface area contributed by atoms with E-state index in [9.17, 15) is 0 Å². The van der Waals surface area contributed by atoms with E-state index in [0.717, 1.165) is 11.1 Å². The lowest BCUT2D eigenvalue weighted by molar-refractivity contribution is 0.684. The number of nitrogens with zero attached hydrogens (tertiary/aromatic N) is 1. The molecule has 1 N–H and O–H groups in total. The molecule has 1 atom stereocenters. The van der Waals surface area contributed by atoms with Crippen molar-refractivity contribution >= 4 is 10.9 Å². The quantitative estimate of drug-likeness (QED) is 0.791. The van der Waals surface area contributed by atoms with Crippen molar-refractivity contribution in [3.8, 4) is 0 Å². The Labute approximate surface area is 96.0 Å². The van der Waals surface area contributed by atoms with E-state index in [1.54, 1.807) is 0 Å². The molecule has 2 heteroatoms. The first-order valence-corrected chi connectivity index (χ1v) is 5.40. The second-order valence-electron chi connectivity index (χ2n) is 3.99. The summed E-state index contributed by atoms with van der Waals surface area (Å²) in [5, 5.41) is 4.47. The van der Waals surface area contributed by atoms with E-state index in [1.807, 2.05) is 38.4 Å². The van der Waals surface area contributed by atoms with Crippen LogP contribution in [0.4, 0.5) is 0 Å². The Bertz CT molecular complexity index is 512. The third-order valence-electron chi connectivity index (χ3n) is 2.78. The van der Waals surface area contributed by atoms with Gasteiger partial charge in [0.25, 0.3) is 0 Å². The van der Waals surface area contributed by atoms with Crippen LogP contribution in [-0.2, 0) is 0 Å². The average molecular weight is 212 g/mol. The third-order valence-corrected chi connectivity index (χ3v) is 2.78. The van der Waals surface area contributed by atoms with Crippen molar-refractivity contribution in [3.63, 3.8) is 0 Å². The van der Waals surface area contributed by atoms with Crippen molar-refractivity contribution < 1.29 is 0 Å². The number of fused-ring (bicyclic) bond motifs is 1. The predicted molar refractivity (Wildman–Crippen MR) is 68.4 cm³/mol. The van der Waals surface area contributed by atoms with Crippen LogP contribution in [0.5, 0.6) is 0 Å². The molecule has 0 aliphatic rings. The molecule has 2 rings (SSSR count). The van der Waals surface area contributed by atoms with E-state index in [4.69, 9.17) is 0 Å². The number of para-hydroxylation sites is 1. The van der Waals surface area contributed by atoms with Gasteiger partial charge in [0, 0.05) is 11.6 Å². The highest BCUT2D eigenvalue weighted by molar-refractivity contribution is 5.82. The zero-order chi connectivity index (χ0) is 11.5. The lowest BCUT2D eigenvalue weighted by atomic mass is 9.98. The van der Waals surface area contributed by atoms with Gasteiger partial charge in [0.1, 0.15) is 0 Å². The second-order valence-corrected chi connectivity index (χ2v) is 3.99. The van der Waals surface area contributed by atoms with Gasteiger partial charge in [-0.2, -0.15) is 0 Å². The first-order valence-electron chi connectivity index (χ1n) is 5.40. The Kier molecular flexibility index (Phi) is 3.02. The number of benzene rings is 1. The number of nitrogens with one attached hydrogen (secondary N) is 1. The summed E-state index contributed by atoms with van der Waals surface area (Å²) >= 11 is 0. The molecule has 0 fully saturated rings. The molecule has 1 heterocycles.